The number of rotatable bonds is 7. The molecule has 5 aromatic carbocycles. The van der Waals surface area contributed by atoms with Gasteiger partial charge >= 0.3 is 15.1 Å². The molecule has 7 rings (SSSR count). The van der Waals surface area contributed by atoms with Gasteiger partial charge in [-0.3, -0.25) is 0 Å². The van der Waals surface area contributed by atoms with Crippen molar-refractivity contribution in [2.24, 2.45) is 0 Å². The quantitative estimate of drug-likeness (QED) is 0.173. The number of nitrogens with zero attached hydrogens (tertiary/aromatic N) is 2. The third-order valence-corrected chi connectivity index (χ3v) is 9.07. The average molecular weight is 591 g/mol. The fourth-order valence-corrected chi connectivity index (χ4v) is 7.12. The summed E-state index contributed by atoms with van der Waals surface area (Å²) in [7, 11) is 0. The molecule has 6 heteroatoms. The fraction of sp³-hybridized carbons (Fsp3) is 0.105. The summed E-state index contributed by atoms with van der Waals surface area (Å²) in [5.41, 5.74) is 8.18. The van der Waals surface area contributed by atoms with Crippen molar-refractivity contribution in [3.8, 4) is 28.4 Å². The zero-order chi connectivity index (χ0) is 30.2. The predicted molar refractivity (Wildman–Crippen MR) is 179 cm³/mol. The molecule has 0 aliphatic heterocycles. The molecule has 5 nitrogen and oxygen atoms in total. The second-order valence-corrected chi connectivity index (χ2v) is 12.5. The van der Waals surface area contributed by atoms with E-state index < -0.39 is 15.1 Å². The molecule has 0 bridgehead atoms. The maximum absolute atomic E-state index is 6.77. The zero-order valence-corrected chi connectivity index (χ0v) is 26.3. The van der Waals surface area contributed by atoms with E-state index in [1.807, 2.05) is 74.5 Å². The Morgan fingerprint density at radius 3 is 1.61 bits per heavy atom. The third kappa shape index (κ3) is 5.58. The summed E-state index contributed by atoms with van der Waals surface area (Å²) < 4.78 is 20.1. The molecule has 7 aromatic rings. The van der Waals surface area contributed by atoms with E-state index in [0.29, 0.717) is 17.2 Å². The second-order valence-electron chi connectivity index (χ2n) is 11.2. The summed E-state index contributed by atoms with van der Waals surface area (Å²) in [5, 5.41) is 4.08. The number of hydrogen-bond donors (Lipinski definition) is 0. The average Bonchev–Trinajstić information content (AvgIpc) is 3.01. The molecule has 44 heavy (non-hydrogen) atoms. The van der Waals surface area contributed by atoms with E-state index in [1.54, 1.807) is 0 Å². The highest BCUT2D eigenvalue weighted by Crippen LogP contribution is 2.36. The largest absolute Gasteiger partial charge is 1.20 e. The molecule has 2 aromatic heterocycles. The van der Waals surface area contributed by atoms with Crippen molar-refractivity contribution >= 4 is 47.7 Å². The van der Waals surface area contributed by atoms with Gasteiger partial charge in [0.15, 0.2) is 0 Å². The Bertz CT molecular complexity index is 2070. The molecule has 0 amide bonds. The van der Waals surface area contributed by atoms with Crippen molar-refractivity contribution in [1.29, 1.82) is 0 Å². The Kier molecular flexibility index (Phi) is 7.39. The second kappa shape index (κ2) is 11.7. The Morgan fingerprint density at radius 2 is 1.02 bits per heavy atom. The SMILES string of the molecule is Cc1cc(C)cc(-c2ccc([O][Al]([O]c3cccc4ccc(C)nc34)[O]c3cccc4ccc(C)nc34)c3ccccc23)c1. The third-order valence-electron chi connectivity index (χ3n) is 7.73. The molecule has 0 atom stereocenters. The smallest absolute Gasteiger partial charge is 0.577 e. The lowest BCUT2D eigenvalue weighted by molar-refractivity contribution is 0.311. The van der Waals surface area contributed by atoms with Crippen LogP contribution in [0.15, 0.2) is 115 Å². The van der Waals surface area contributed by atoms with E-state index >= 15 is 0 Å². The molecular weight excluding hydrogens is 559 g/mol. The van der Waals surface area contributed by atoms with Crippen molar-refractivity contribution in [3.63, 3.8) is 0 Å². The molecule has 0 aliphatic carbocycles. The van der Waals surface area contributed by atoms with Crippen molar-refractivity contribution in [3.05, 3.63) is 138 Å². The minimum Gasteiger partial charge on any atom is -0.577 e. The van der Waals surface area contributed by atoms with Crippen LogP contribution in [0.1, 0.15) is 22.5 Å². The number of fused-ring (bicyclic) bond motifs is 3. The lowest BCUT2D eigenvalue weighted by Gasteiger charge is -2.20. The minimum atomic E-state index is -2.95. The van der Waals surface area contributed by atoms with Crippen molar-refractivity contribution < 1.29 is 11.4 Å². The number of aromatic nitrogens is 2. The van der Waals surface area contributed by atoms with E-state index in [0.717, 1.165) is 49.5 Å². The van der Waals surface area contributed by atoms with Gasteiger partial charge in [-0.25, -0.2) is 9.97 Å². The standard InChI is InChI=1S/C18H16O.2C10H9NO.Al/c1-12-9-13(2)11-14(10-12)15-7-8-18(19)17-6-4-3-5-16(15)17;2*1-7-5-6-8-3-2-4-9(12)10(8)11-7;/h3-11,19H,1-2H3;2*2-6,12H,1H3;/q;;;+3/p-3. The molecule has 0 N–H and O–H groups in total. The molecule has 0 unspecified atom stereocenters. The van der Waals surface area contributed by atoms with Gasteiger partial charge in [-0.2, -0.15) is 0 Å². The van der Waals surface area contributed by atoms with Crippen LogP contribution in [0.25, 0.3) is 43.7 Å². The molecule has 214 valence electrons. The Balaban J connectivity index is 1.33. The number of pyridine rings is 2. The van der Waals surface area contributed by atoms with Gasteiger partial charge in [-0.15, -0.1) is 0 Å². The summed E-state index contributed by atoms with van der Waals surface area (Å²) >= 11 is -2.95. The lowest BCUT2D eigenvalue weighted by Crippen LogP contribution is -2.37. The highest BCUT2D eigenvalue weighted by molar-refractivity contribution is 6.40. The normalized spacial score (nSPS) is 11.2. The van der Waals surface area contributed by atoms with E-state index in [-0.39, 0.29) is 0 Å². The molecule has 0 spiro atoms. The predicted octanol–water partition coefficient (Wildman–Crippen LogP) is 9.36. The molecule has 0 saturated heterocycles. The summed E-state index contributed by atoms with van der Waals surface area (Å²) in [4.78, 5) is 9.57. The zero-order valence-electron chi connectivity index (χ0n) is 25.2. The topological polar surface area (TPSA) is 53.5 Å². The Hall–Kier alpha value is -4.89. The summed E-state index contributed by atoms with van der Waals surface area (Å²) in [6, 6.07) is 39.1. The molecule has 0 aliphatic rings. The molecular formula is C38H31AlN2O3. The Labute approximate surface area is 262 Å². The van der Waals surface area contributed by atoms with Crippen LogP contribution in [0.2, 0.25) is 0 Å². The van der Waals surface area contributed by atoms with Crippen LogP contribution in [0.4, 0.5) is 0 Å². The van der Waals surface area contributed by atoms with Gasteiger partial charge in [0.2, 0.25) is 0 Å². The van der Waals surface area contributed by atoms with Crippen LogP contribution in [0.3, 0.4) is 0 Å². The maximum Gasteiger partial charge on any atom is 1.20 e. The van der Waals surface area contributed by atoms with Gasteiger partial charge in [0, 0.05) is 27.5 Å². The summed E-state index contributed by atoms with van der Waals surface area (Å²) in [5.74, 6) is 1.96. The van der Waals surface area contributed by atoms with Crippen molar-refractivity contribution in [1.82, 2.24) is 9.97 Å². The maximum atomic E-state index is 6.77. The molecule has 0 saturated carbocycles. The van der Waals surface area contributed by atoms with E-state index in [9.17, 15) is 0 Å². The monoisotopic (exact) mass is 590 g/mol. The van der Waals surface area contributed by atoms with Gasteiger partial charge in [-0.1, -0.05) is 96.1 Å². The molecule has 2 heterocycles. The van der Waals surface area contributed by atoms with Crippen LogP contribution in [-0.2, 0) is 0 Å². The number of benzene rings is 5. The van der Waals surface area contributed by atoms with Gasteiger partial charge in [0.05, 0.1) is 5.75 Å². The highest BCUT2D eigenvalue weighted by atomic mass is 27.3. The first kappa shape index (κ1) is 27.9. The highest BCUT2D eigenvalue weighted by Gasteiger charge is 2.45. The number of aryl methyl sites for hydroxylation is 4. The van der Waals surface area contributed by atoms with E-state index in [4.69, 9.17) is 21.3 Å². The summed E-state index contributed by atoms with van der Waals surface area (Å²) in [6.07, 6.45) is 0. The van der Waals surface area contributed by atoms with Gasteiger partial charge in [-0.05, 0) is 74.5 Å². The molecule has 0 fully saturated rings. The molecule has 0 radical (unpaired) electrons. The van der Waals surface area contributed by atoms with Crippen LogP contribution in [0.5, 0.6) is 17.2 Å². The van der Waals surface area contributed by atoms with E-state index in [1.165, 1.54) is 16.7 Å². The van der Waals surface area contributed by atoms with Crippen LogP contribution in [0, 0.1) is 27.7 Å². The number of hydrogen-bond acceptors (Lipinski definition) is 5. The Morgan fingerprint density at radius 1 is 0.477 bits per heavy atom. The number of para-hydroxylation sites is 2. The van der Waals surface area contributed by atoms with Crippen LogP contribution < -0.4 is 11.4 Å². The first-order valence-electron chi connectivity index (χ1n) is 14.7. The first-order valence-corrected chi connectivity index (χ1v) is 16.2. The first-order chi connectivity index (χ1) is 21.4. The minimum absolute atomic E-state index is 0.628. The van der Waals surface area contributed by atoms with Gasteiger partial charge in [0.1, 0.15) is 22.5 Å². The van der Waals surface area contributed by atoms with Gasteiger partial charge in [0.25, 0.3) is 0 Å². The lowest BCUT2D eigenvalue weighted by atomic mass is 9.95. The van der Waals surface area contributed by atoms with E-state index in [2.05, 4.69) is 68.4 Å². The van der Waals surface area contributed by atoms with Gasteiger partial charge < -0.3 is 11.4 Å². The summed E-state index contributed by atoms with van der Waals surface area (Å²) in [6.45, 7) is 8.22. The van der Waals surface area contributed by atoms with Crippen molar-refractivity contribution in [2.75, 3.05) is 0 Å². The van der Waals surface area contributed by atoms with Crippen LogP contribution in [-0.4, -0.2) is 25.1 Å². The van der Waals surface area contributed by atoms with Crippen molar-refractivity contribution in [2.45, 2.75) is 27.7 Å². The van der Waals surface area contributed by atoms with Crippen LogP contribution >= 0.6 is 0 Å². The fourth-order valence-electron chi connectivity index (χ4n) is 5.76.